The monoisotopic (exact) mass is 266 g/mol. The zero-order chi connectivity index (χ0) is 13.5. The molecule has 0 fully saturated rings. The summed E-state index contributed by atoms with van der Waals surface area (Å²) in [7, 11) is 0. The Labute approximate surface area is 119 Å². The van der Waals surface area contributed by atoms with E-state index in [1.165, 1.54) is 21.6 Å². The van der Waals surface area contributed by atoms with Gasteiger partial charge in [0, 0.05) is 4.90 Å². The summed E-state index contributed by atoms with van der Waals surface area (Å²) in [5, 5.41) is 0. The van der Waals surface area contributed by atoms with Crippen molar-refractivity contribution in [3.8, 4) is 0 Å². The number of thioether (sulfide) groups is 1. The van der Waals surface area contributed by atoms with Crippen molar-refractivity contribution >= 4 is 23.9 Å². The Hall–Kier alpha value is -1.73. The summed E-state index contributed by atoms with van der Waals surface area (Å²) in [6.07, 6.45) is 10.5. The third-order valence-electron chi connectivity index (χ3n) is 2.88. The van der Waals surface area contributed by atoms with Crippen LogP contribution in [0.1, 0.15) is 16.7 Å². The molecule has 96 valence electrons. The highest BCUT2D eigenvalue weighted by molar-refractivity contribution is 7.98. The van der Waals surface area contributed by atoms with Crippen molar-refractivity contribution in [2.24, 2.45) is 0 Å². The Morgan fingerprint density at radius 1 is 0.737 bits per heavy atom. The van der Waals surface area contributed by atoms with Crippen LogP contribution in [0.25, 0.3) is 12.2 Å². The Morgan fingerprint density at radius 2 is 1.21 bits per heavy atom. The predicted octanol–water partition coefficient (Wildman–Crippen LogP) is 5.44. The van der Waals surface area contributed by atoms with Gasteiger partial charge in [-0.25, -0.2) is 0 Å². The van der Waals surface area contributed by atoms with Gasteiger partial charge in [-0.1, -0.05) is 66.3 Å². The second-order valence-electron chi connectivity index (χ2n) is 4.40. The predicted molar refractivity (Wildman–Crippen MR) is 87.5 cm³/mol. The van der Waals surface area contributed by atoms with Crippen molar-refractivity contribution in [3.63, 3.8) is 0 Å². The van der Waals surface area contributed by atoms with E-state index < -0.39 is 0 Å². The minimum absolute atomic E-state index is 1.23. The van der Waals surface area contributed by atoms with Gasteiger partial charge in [-0.05, 0) is 36.4 Å². The molecule has 2 aromatic carbocycles. The molecule has 2 aromatic rings. The van der Waals surface area contributed by atoms with E-state index in [0.717, 1.165) is 0 Å². The van der Waals surface area contributed by atoms with Crippen molar-refractivity contribution in [2.45, 2.75) is 11.8 Å². The topological polar surface area (TPSA) is 0 Å². The number of benzene rings is 2. The summed E-state index contributed by atoms with van der Waals surface area (Å²) in [6.45, 7) is 2.10. The second kappa shape index (κ2) is 7.01. The molecule has 2 rings (SSSR count). The van der Waals surface area contributed by atoms with E-state index in [1.54, 1.807) is 11.8 Å². The fourth-order valence-electron chi connectivity index (χ4n) is 1.73. The molecule has 0 aliphatic heterocycles. The fraction of sp³-hybridized carbons (Fsp3) is 0.111. The Bertz CT molecular complexity index is 560. The van der Waals surface area contributed by atoms with Crippen LogP contribution in [0.5, 0.6) is 0 Å². The van der Waals surface area contributed by atoms with Crippen molar-refractivity contribution in [1.29, 1.82) is 0 Å². The molecule has 0 unspecified atom stereocenters. The van der Waals surface area contributed by atoms with Crippen LogP contribution in [0.15, 0.2) is 65.6 Å². The molecule has 1 heteroatoms. The number of allylic oxidation sites excluding steroid dienone is 2. The molecule has 0 amide bonds. The van der Waals surface area contributed by atoms with Gasteiger partial charge in [0.1, 0.15) is 0 Å². The van der Waals surface area contributed by atoms with E-state index in [-0.39, 0.29) is 0 Å². The van der Waals surface area contributed by atoms with Gasteiger partial charge in [-0.3, -0.25) is 0 Å². The summed E-state index contributed by atoms with van der Waals surface area (Å²) >= 11 is 1.77. The quantitative estimate of drug-likeness (QED) is 0.524. The largest absolute Gasteiger partial charge is 0.130 e. The molecule has 0 spiro atoms. The lowest BCUT2D eigenvalue weighted by Gasteiger charge is -1.96. The lowest BCUT2D eigenvalue weighted by atomic mass is 10.1. The van der Waals surface area contributed by atoms with Gasteiger partial charge in [-0.2, -0.15) is 0 Å². The smallest absolute Gasteiger partial charge is 0.00695 e. The molecule has 0 aliphatic rings. The van der Waals surface area contributed by atoms with E-state index in [1.807, 2.05) is 0 Å². The molecule has 0 atom stereocenters. The Morgan fingerprint density at radius 3 is 1.68 bits per heavy atom. The van der Waals surface area contributed by atoms with E-state index in [2.05, 4.69) is 86.0 Å². The summed E-state index contributed by atoms with van der Waals surface area (Å²) < 4.78 is 0. The molecule has 0 bridgehead atoms. The molecule has 19 heavy (non-hydrogen) atoms. The van der Waals surface area contributed by atoms with Gasteiger partial charge in [-0.15, -0.1) is 11.8 Å². The summed E-state index contributed by atoms with van der Waals surface area (Å²) in [6, 6.07) is 17.1. The van der Waals surface area contributed by atoms with Crippen LogP contribution in [0, 0.1) is 6.92 Å². The zero-order valence-electron chi connectivity index (χ0n) is 11.3. The lowest BCUT2D eigenvalue weighted by molar-refractivity contribution is 1.45. The van der Waals surface area contributed by atoms with E-state index in [4.69, 9.17) is 0 Å². The summed E-state index contributed by atoms with van der Waals surface area (Å²) in [4.78, 5) is 1.30. The average Bonchev–Trinajstić information content (AvgIpc) is 2.46. The van der Waals surface area contributed by atoms with Crippen LogP contribution in [0.2, 0.25) is 0 Å². The van der Waals surface area contributed by atoms with Crippen LogP contribution in [0.3, 0.4) is 0 Å². The van der Waals surface area contributed by atoms with Crippen LogP contribution in [-0.2, 0) is 0 Å². The van der Waals surface area contributed by atoms with Crippen LogP contribution < -0.4 is 0 Å². The van der Waals surface area contributed by atoms with E-state index >= 15 is 0 Å². The van der Waals surface area contributed by atoms with Gasteiger partial charge in [0.05, 0.1) is 0 Å². The van der Waals surface area contributed by atoms with Gasteiger partial charge in [0.15, 0.2) is 0 Å². The summed E-state index contributed by atoms with van der Waals surface area (Å²) in [5.74, 6) is 0. The number of hydrogen-bond donors (Lipinski definition) is 0. The van der Waals surface area contributed by atoms with Gasteiger partial charge in [0.25, 0.3) is 0 Å². The van der Waals surface area contributed by atoms with Crippen molar-refractivity contribution in [1.82, 2.24) is 0 Å². The first kappa shape index (κ1) is 13.7. The molecule has 0 saturated heterocycles. The molecule has 0 aromatic heterocycles. The standard InChI is InChI=1S/C18H18S/c1-15-7-9-16(10-8-15)5-3-4-6-17-11-13-18(19-2)14-12-17/h3-14H,1-2H3/b5-3+,6-4+. The van der Waals surface area contributed by atoms with Crippen LogP contribution >= 0.6 is 11.8 Å². The first-order valence-corrected chi connectivity index (χ1v) is 7.56. The number of aryl methyl sites for hydroxylation is 1. The maximum Gasteiger partial charge on any atom is 0.00695 e. The normalized spacial score (nSPS) is 11.5. The van der Waals surface area contributed by atoms with E-state index in [0.29, 0.717) is 0 Å². The third-order valence-corrected chi connectivity index (χ3v) is 3.63. The Kier molecular flexibility index (Phi) is 5.05. The van der Waals surface area contributed by atoms with Gasteiger partial charge in [0.2, 0.25) is 0 Å². The Balaban J connectivity index is 1.96. The molecule has 0 nitrogen and oxygen atoms in total. The summed E-state index contributed by atoms with van der Waals surface area (Å²) in [5.41, 5.74) is 3.75. The molecular weight excluding hydrogens is 248 g/mol. The van der Waals surface area contributed by atoms with Crippen molar-refractivity contribution in [2.75, 3.05) is 6.26 Å². The second-order valence-corrected chi connectivity index (χ2v) is 5.28. The number of rotatable bonds is 4. The maximum atomic E-state index is 2.15. The molecule has 0 N–H and O–H groups in total. The minimum Gasteiger partial charge on any atom is -0.130 e. The van der Waals surface area contributed by atoms with Crippen LogP contribution in [-0.4, -0.2) is 6.26 Å². The molecular formula is C18H18S. The van der Waals surface area contributed by atoms with Crippen molar-refractivity contribution < 1.29 is 0 Å². The maximum absolute atomic E-state index is 2.15. The van der Waals surface area contributed by atoms with Crippen LogP contribution in [0.4, 0.5) is 0 Å². The average molecular weight is 266 g/mol. The van der Waals surface area contributed by atoms with Gasteiger partial charge < -0.3 is 0 Å². The van der Waals surface area contributed by atoms with E-state index in [9.17, 15) is 0 Å². The highest BCUT2D eigenvalue weighted by Crippen LogP contribution is 2.15. The number of hydrogen-bond acceptors (Lipinski definition) is 1. The lowest BCUT2D eigenvalue weighted by Crippen LogP contribution is -1.73. The fourth-order valence-corrected chi connectivity index (χ4v) is 2.13. The highest BCUT2D eigenvalue weighted by atomic mass is 32.2. The minimum atomic E-state index is 1.23. The third kappa shape index (κ3) is 4.46. The first-order chi connectivity index (χ1) is 9.28. The highest BCUT2D eigenvalue weighted by Gasteiger charge is 1.88. The zero-order valence-corrected chi connectivity index (χ0v) is 12.2. The molecule has 0 aliphatic carbocycles. The van der Waals surface area contributed by atoms with Crippen molar-refractivity contribution in [3.05, 3.63) is 77.4 Å². The molecule has 0 saturated carbocycles. The first-order valence-electron chi connectivity index (χ1n) is 6.33. The molecule has 0 radical (unpaired) electrons. The molecule has 0 heterocycles. The van der Waals surface area contributed by atoms with Gasteiger partial charge >= 0.3 is 0 Å². The SMILES string of the molecule is CSc1ccc(/C=C/C=C/c2ccc(C)cc2)cc1.